The summed E-state index contributed by atoms with van der Waals surface area (Å²) in [6, 6.07) is 6.30. The van der Waals surface area contributed by atoms with E-state index in [9.17, 15) is 9.18 Å². The summed E-state index contributed by atoms with van der Waals surface area (Å²) in [5.74, 6) is -0.364. The number of nitrogens with zero attached hydrogens (tertiary/aromatic N) is 1. The third-order valence-electron chi connectivity index (χ3n) is 2.44. The molecule has 0 aliphatic carbocycles. The molecule has 1 aromatic carbocycles. The van der Waals surface area contributed by atoms with Gasteiger partial charge in [0.1, 0.15) is 11.4 Å². The Morgan fingerprint density at radius 1 is 1.48 bits per heavy atom. The Kier molecular flexibility index (Phi) is 5.92. The zero-order chi connectivity index (χ0) is 15.9. The molecule has 1 aromatic rings. The number of hydrogen-bond acceptors (Lipinski definition) is 3. The van der Waals surface area contributed by atoms with Crippen LogP contribution in [0.1, 0.15) is 31.9 Å². The molecule has 0 aromatic heterocycles. The molecule has 0 unspecified atom stereocenters. The van der Waals surface area contributed by atoms with E-state index in [0.717, 1.165) is 5.56 Å². The zero-order valence-electron chi connectivity index (χ0n) is 12.4. The lowest BCUT2D eigenvalue weighted by Crippen LogP contribution is -2.32. The number of carbonyl (C=O) groups is 1. The van der Waals surface area contributed by atoms with Gasteiger partial charge in [-0.15, -0.1) is 0 Å². The third-order valence-corrected chi connectivity index (χ3v) is 2.44. The van der Waals surface area contributed by atoms with Crippen LogP contribution in [0.2, 0.25) is 0 Å². The molecule has 0 saturated heterocycles. The van der Waals surface area contributed by atoms with E-state index >= 15 is 0 Å². The van der Waals surface area contributed by atoms with E-state index in [1.807, 2.05) is 6.07 Å². The van der Waals surface area contributed by atoms with Crippen LogP contribution in [-0.2, 0) is 11.2 Å². The molecule has 0 heterocycles. The normalized spacial score (nSPS) is 11.2. The molecule has 0 aliphatic heterocycles. The van der Waals surface area contributed by atoms with Crippen LogP contribution in [0.3, 0.4) is 0 Å². The third kappa shape index (κ3) is 6.57. The standard InChI is InChI=1S/C16H19FN2O2/c1-16(2,3)21-15(20)19-10-4-5-13-11-14(17)7-6-12(13)8-9-18/h4-7,11H,8,10H2,1-3H3,(H,19,20). The van der Waals surface area contributed by atoms with Gasteiger partial charge in [-0.25, -0.2) is 9.18 Å². The summed E-state index contributed by atoms with van der Waals surface area (Å²) in [7, 11) is 0. The molecule has 0 atom stereocenters. The Morgan fingerprint density at radius 3 is 2.81 bits per heavy atom. The lowest BCUT2D eigenvalue weighted by Gasteiger charge is -2.19. The fourth-order valence-corrected chi connectivity index (χ4v) is 1.61. The number of benzene rings is 1. The fraction of sp³-hybridized carbons (Fsp3) is 0.375. The number of alkyl carbamates (subject to hydrolysis) is 1. The predicted molar refractivity (Wildman–Crippen MR) is 79.0 cm³/mol. The van der Waals surface area contributed by atoms with Gasteiger partial charge in [0, 0.05) is 6.54 Å². The van der Waals surface area contributed by atoms with Crippen molar-refractivity contribution in [1.82, 2.24) is 5.32 Å². The van der Waals surface area contributed by atoms with Crippen molar-refractivity contribution in [3.8, 4) is 6.07 Å². The fourth-order valence-electron chi connectivity index (χ4n) is 1.61. The summed E-state index contributed by atoms with van der Waals surface area (Å²) in [6.07, 6.45) is 3.05. The molecule has 4 nitrogen and oxygen atoms in total. The highest BCUT2D eigenvalue weighted by Gasteiger charge is 2.14. The van der Waals surface area contributed by atoms with Crippen LogP contribution < -0.4 is 5.32 Å². The van der Waals surface area contributed by atoms with Crippen LogP contribution in [0.5, 0.6) is 0 Å². The van der Waals surface area contributed by atoms with E-state index in [1.165, 1.54) is 12.1 Å². The monoisotopic (exact) mass is 290 g/mol. The van der Waals surface area contributed by atoms with Gasteiger partial charge in [-0.2, -0.15) is 5.26 Å². The van der Waals surface area contributed by atoms with Crippen LogP contribution in [0.25, 0.3) is 6.08 Å². The molecule has 1 amide bonds. The number of carbonyl (C=O) groups excluding carboxylic acids is 1. The number of rotatable bonds is 4. The van der Waals surface area contributed by atoms with Gasteiger partial charge in [0.15, 0.2) is 0 Å². The Balaban J connectivity index is 2.60. The van der Waals surface area contributed by atoms with Crippen molar-refractivity contribution in [3.63, 3.8) is 0 Å². The van der Waals surface area contributed by atoms with Gasteiger partial charge in [-0.05, 0) is 44.0 Å². The Labute approximate surface area is 124 Å². The van der Waals surface area contributed by atoms with Crippen molar-refractivity contribution in [3.05, 3.63) is 41.2 Å². The minimum Gasteiger partial charge on any atom is -0.444 e. The maximum Gasteiger partial charge on any atom is 0.407 e. The van der Waals surface area contributed by atoms with Crippen molar-refractivity contribution in [1.29, 1.82) is 5.26 Å². The van der Waals surface area contributed by atoms with Crippen molar-refractivity contribution >= 4 is 12.2 Å². The van der Waals surface area contributed by atoms with Crippen molar-refractivity contribution in [2.75, 3.05) is 6.54 Å². The summed E-state index contributed by atoms with van der Waals surface area (Å²) >= 11 is 0. The second-order valence-corrected chi connectivity index (χ2v) is 5.46. The summed E-state index contributed by atoms with van der Waals surface area (Å²) in [6.45, 7) is 5.60. The molecular weight excluding hydrogens is 271 g/mol. The number of hydrogen-bond donors (Lipinski definition) is 1. The smallest absolute Gasteiger partial charge is 0.407 e. The molecule has 0 saturated carbocycles. The summed E-state index contributed by atoms with van der Waals surface area (Å²) in [5.41, 5.74) is 0.825. The highest BCUT2D eigenvalue weighted by molar-refractivity contribution is 5.68. The van der Waals surface area contributed by atoms with Crippen molar-refractivity contribution in [2.45, 2.75) is 32.8 Å². The highest BCUT2D eigenvalue weighted by Crippen LogP contribution is 2.13. The first-order chi connectivity index (χ1) is 9.81. The molecular formula is C16H19FN2O2. The van der Waals surface area contributed by atoms with E-state index in [0.29, 0.717) is 5.56 Å². The van der Waals surface area contributed by atoms with Gasteiger partial charge >= 0.3 is 6.09 Å². The number of halogens is 1. The molecule has 0 fully saturated rings. The molecule has 0 radical (unpaired) electrons. The van der Waals surface area contributed by atoms with Gasteiger partial charge in [0.2, 0.25) is 0 Å². The average Bonchev–Trinajstić information content (AvgIpc) is 2.35. The maximum absolute atomic E-state index is 13.2. The number of amides is 1. The van der Waals surface area contributed by atoms with E-state index < -0.39 is 11.7 Å². The zero-order valence-corrected chi connectivity index (χ0v) is 12.4. The number of nitriles is 1. The van der Waals surface area contributed by atoms with Crippen LogP contribution >= 0.6 is 0 Å². The molecule has 0 bridgehead atoms. The highest BCUT2D eigenvalue weighted by atomic mass is 19.1. The lowest BCUT2D eigenvalue weighted by molar-refractivity contribution is 0.0534. The van der Waals surface area contributed by atoms with E-state index in [4.69, 9.17) is 10.00 Å². The summed E-state index contributed by atoms with van der Waals surface area (Å²) in [5, 5.41) is 11.3. The predicted octanol–water partition coefficient (Wildman–Crippen LogP) is 3.43. The van der Waals surface area contributed by atoms with Crippen molar-refractivity contribution < 1.29 is 13.9 Å². The second-order valence-electron chi connectivity index (χ2n) is 5.46. The quantitative estimate of drug-likeness (QED) is 0.924. The van der Waals surface area contributed by atoms with Gasteiger partial charge in [-0.1, -0.05) is 18.2 Å². The first-order valence-electron chi connectivity index (χ1n) is 6.60. The molecule has 1 N–H and O–H groups in total. The van der Waals surface area contributed by atoms with Gasteiger partial charge in [0.25, 0.3) is 0 Å². The number of ether oxygens (including phenoxy) is 1. The molecule has 5 heteroatoms. The second kappa shape index (κ2) is 7.44. The average molecular weight is 290 g/mol. The first kappa shape index (κ1) is 16.7. The van der Waals surface area contributed by atoms with Crippen LogP contribution in [0.15, 0.2) is 24.3 Å². The first-order valence-corrected chi connectivity index (χ1v) is 6.60. The van der Waals surface area contributed by atoms with E-state index in [2.05, 4.69) is 5.32 Å². The van der Waals surface area contributed by atoms with Crippen molar-refractivity contribution in [2.24, 2.45) is 0 Å². The minimum atomic E-state index is -0.545. The van der Waals surface area contributed by atoms with E-state index in [-0.39, 0.29) is 18.8 Å². The van der Waals surface area contributed by atoms with Gasteiger partial charge < -0.3 is 10.1 Å². The SMILES string of the molecule is CC(C)(C)OC(=O)NCC=Cc1cc(F)ccc1CC#N. The summed E-state index contributed by atoms with van der Waals surface area (Å²) < 4.78 is 18.3. The van der Waals surface area contributed by atoms with Gasteiger partial charge in [0.05, 0.1) is 12.5 Å². The Morgan fingerprint density at radius 2 is 2.19 bits per heavy atom. The largest absolute Gasteiger partial charge is 0.444 e. The Hall–Kier alpha value is -2.35. The Bertz CT molecular complexity index is 569. The lowest BCUT2D eigenvalue weighted by atomic mass is 10.0. The van der Waals surface area contributed by atoms with E-state index in [1.54, 1.807) is 39.0 Å². The van der Waals surface area contributed by atoms with Crippen LogP contribution in [0.4, 0.5) is 9.18 Å². The van der Waals surface area contributed by atoms with Crippen LogP contribution in [0, 0.1) is 17.1 Å². The molecule has 0 aliphatic rings. The maximum atomic E-state index is 13.2. The molecule has 0 spiro atoms. The molecule has 112 valence electrons. The topological polar surface area (TPSA) is 62.1 Å². The molecule has 21 heavy (non-hydrogen) atoms. The molecule has 1 rings (SSSR count). The summed E-state index contributed by atoms with van der Waals surface area (Å²) in [4.78, 5) is 11.4. The minimum absolute atomic E-state index is 0.208. The van der Waals surface area contributed by atoms with Gasteiger partial charge in [-0.3, -0.25) is 0 Å². The number of nitrogens with one attached hydrogen (secondary N) is 1. The van der Waals surface area contributed by atoms with Crippen LogP contribution in [-0.4, -0.2) is 18.2 Å².